The van der Waals surface area contributed by atoms with Gasteiger partial charge in [-0.1, -0.05) is 23.2 Å². The Morgan fingerprint density at radius 1 is 1.17 bits per heavy atom. The highest BCUT2D eigenvalue weighted by atomic mass is 35.5. The lowest BCUT2D eigenvalue weighted by molar-refractivity contribution is -0.124. The molecule has 36 heavy (non-hydrogen) atoms. The van der Waals surface area contributed by atoms with E-state index in [9.17, 15) is 9.59 Å². The summed E-state index contributed by atoms with van der Waals surface area (Å²) in [6.07, 6.45) is 5.29. The highest BCUT2D eigenvalue weighted by Gasteiger charge is 2.52. The maximum Gasteiger partial charge on any atom is 0.272 e. The minimum atomic E-state index is -1.07. The van der Waals surface area contributed by atoms with Gasteiger partial charge in [0.25, 0.3) is 5.91 Å². The molecule has 0 unspecified atom stereocenters. The fourth-order valence-electron chi connectivity index (χ4n) is 3.82. The number of rotatable bonds is 8. The maximum atomic E-state index is 15.1. The first-order valence-electron chi connectivity index (χ1n) is 11.3. The molecule has 2 N–H and O–H groups in total. The molecule has 0 bridgehead atoms. The third-order valence-electron chi connectivity index (χ3n) is 5.87. The van der Waals surface area contributed by atoms with Crippen LogP contribution in [0.5, 0.6) is 5.75 Å². The van der Waals surface area contributed by atoms with Crippen molar-refractivity contribution in [2.24, 2.45) is 0 Å². The van der Waals surface area contributed by atoms with Gasteiger partial charge in [-0.3, -0.25) is 19.6 Å². The fourth-order valence-corrected chi connectivity index (χ4v) is 4.37. The lowest BCUT2D eigenvalue weighted by atomic mass is 10.0. The van der Waals surface area contributed by atoms with Gasteiger partial charge < -0.3 is 15.4 Å². The van der Waals surface area contributed by atoms with Crippen LogP contribution in [0.15, 0.2) is 36.8 Å². The zero-order chi connectivity index (χ0) is 26.0. The molecule has 2 amide bonds. The summed E-state index contributed by atoms with van der Waals surface area (Å²) in [5.41, 5.74) is 0.510. The first-order chi connectivity index (χ1) is 17.1. The zero-order valence-electron chi connectivity index (χ0n) is 19.9. The Balaban J connectivity index is 1.50. The molecule has 11 heteroatoms. The van der Waals surface area contributed by atoms with Crippen molar-refractivity contribution in [1.29, 1.82) is 0 Å². The minimum absolute atomic E-state index is 0.0464. The average molecular weight is 532 g/mol. The third kappa shape index (κ3) is 5.27. The standard InChI is InChI=1S/C25H24Cl2FN5O3/c1-4-36-22-17(10-16(26)11-18(22)27)15-9-19(28)20(31-12-15)14(3)32-24(35)25(5-6-25)33-23(34)21-13(2)29-7-8-30-21/h7-12,14H,4-6H2,1-3H3,(H,32,35)(H,33,34)/t14-/m1/s1. The lowest BCUT2D eigenvalue weighted by Crippen LogP contribution is -2.50. The summed E-state index contributed by atoms with van der Waals surface area (Å²) in [5.74, 6) is -1.15. The van der Waals surface area contributed by atoms with Crippen LogP contribution in [0, 0.1) is 12.7 Å². The van der Waals surface area contributed by atoms with Crippen LogP contribution in [0.4, 0.5) is 4.39 Å². The molecule has 1 aliphatic rings. The first-order valence-corrected chi connectivity index (χ1v) is 12.1. The summed E-state index contributed by atoms with van der Waals surface area (Å²) in [6, 6.07) is 3.71. The van der Waals surface area contributed by atoms with Crippen molar-refractivity contribution < 1.29 is 18.7 Å². The SMILES string of the molecule is CCOc1c(Cl)cc(Cl)cc1-c1cnc([C@@H](C)NC(=O)C2(NC(=O)c3nccnc3C)CC2)c(F)c1. The van der Waals surface area contributed by atoms with Gasteiger partial charge in [-0.15, -0.1) is 0 Å². The Kier molecular flexibility index (Phi) is 7.42. The van der Waals surface area contributed by atoms with Gasteiger partial charge in [-0.05, 0) is 51.8 Å². The second-order valence-electron chi connectivity index (χ2n) is 8.51. The number of amides is 2. The van der Waals surface area contributed by atoms with E-state index >= 15 is 4.39 Å². The van der Waals surface area contributed by atoms with Crippen molar-refractivity contribution >= 4 is 35.0 Å². The second-order valence-corrected chi connectivity index (χ2v) is 9.35. The van der Waals surface area contributed by atoms with Crippen molar-refractivity contribution in [1.82, 2.24) is 25.6 Å². The molecule has 188 valence electrons. The van der Waals surface area contributed by atoms with Crippen LogP contribution in [0.3, 0.4) is 0 Å². The number of carbonyl (C=O) groups excluding carboxylic acids is 2. The van der Waals surface area contributed by atoms with Crippen molar-refractivity contribution in [3.05, 3.63) is 69.7 Å². The molecule has 2 heterocycles. The van der Waals surface area contributed by atoms with Gasteiger partial charge in [0.2, 0.25) is 5.91 Å². The number of aryl methyl sites for hydroxylation is 1. The molecule has 1 fully saturated rings. The molecular weight excluding hydrogens is 508 g/mol. The van der Waals surface area contributed by atoms with E-state index in [4.69, 9.17) is 27.9 Å². The van der Waals surface area contributed by atoms with Gasteiger partial charge >= 0.3 is 0 Å². The topological polar surface area (TPSA) is 106 Å². The van der Waals surface area contributed by atoms with Gasteiger partial charge in [-0.25, -0.2) is 9.37 Å². The molecule has 3 aromatic rings. The first kappa shape index (κ1) is 25.8. The van der Waals surface area contributed by atoms with E-state index in [1.54, 1.807) is 26.0 Å². The number of hydrogen-bond donors (Lipinski definition) is 2. The van der Waals surface area contributed by atoms with Crippen molar-refractivity contribution in [2.75, 3.05) is 6.61 Å². The van der Waals surface area contributed by atoms with E-state index in [2.05, 4.69) is 25.6 Å². The average Bonchev–Trinajstić information content (AvgIpc) is 3.61. The number of benzene rings is 1. The van der Waals surface area contributed by atoms with E-state index in [0.29, 0.717) is 52.1 Å². The highest BCUT2D eigenvalue weighted by molar-refractivity contribution is 6.36. The fraction of sp³-hybridized carbons (Fsp3) is 0.320. The highest BCUT2D eigenvalue weighted by Crippen LogP contribution is 2.40. The number of carbonyl (C=O) groups is 2. The predicted octanol–water partition coefficient (Wildman–Crippen LogP) is 4.83. The smallest absolute Gasteiger partial charge is 0.272 e. The maximum absolute atomic E-state index is 15.1. The van der Waals surface area contributed by atoms with E-state index in [1.807, 2.05) is 6.92 Å². The number of aromatic nitrogens is 3. The molecule has 2 aromatic heterocycles. The van der Waals surface area contributed by atoms with E-state index in [-0.39, 0.29) is 11.4 Å². The normalized spacial score (nSPS) is 14.6. The second kappa shape index (κ2) is 10.4. The van der Waals surface area contributed by atoms with Gasteiger partial charge in [0.05, 0.1) is 29.1 Å². The summed E-state index contributed by atoms with van der Waals surface area (Å²) < 4.78 is 20.8. The Bertz CT molecular complexity index is 1330. The molecule has 0 aliphatic heterocycles. The molecule has 1 aliphatic carbocycles. The lowest BCUT2D eigenvalue weighted by Gasteiger charge is -2.21. The zero-order valence-corrected chi connectivity index (χ0v) is 21.4. The van der Waals surface area contributed by atoms with Crippen LogP contribution in [-0.2, 0) is 4.79 Å². The van der Waals surface area contributed by atoms with Crippen molar-refractivity contribution in [3.63, 3.8) is 0 Å². The van der Waals surface area contributed by atoms with E-state index in [1.165, 1.54) is 24.7 Å². The Labute approximate surface area is 217 Å². The number of pyridine rings is 1. The Morgan fingerprint density at radius 3 is 2.53 bits per heavy atom. The number of hydrogen-bond acceptors (Lipinski definition) is 6. The minimum Gasteiger partial charge on any atom is -0.492 e. The van der Waals surface area contributed by atoms with Crippen LogP contribution < -0.4 is 15.4 Å². The van der Waals surface area contributed by atoms with E-state index < -0.39 is 29.2 Å². The monoisotopic (exact) mass is 531 g/mol. The largest absolute Gasteiger partial charge is 0.492 e. The summed E-state index contributed by atoms with van der Waals surface area (Å²) in [7, 11) is 0. The van der Waals surface area contributed by atoms with Crippen molar-refractivity contribution in [3.8, 4) is 16.9 Å². The Hall–Kier alpha value is -3.30. The van der Waals surface area contributed by atoms with E-state index in [0.717, 1.165) is 0 Å². The van der Waals surface area contributed by atoms with Crippen LogP contribution in [0.25, 0.3) is 11.1 Å². The third-order valence-corrected chi connectivity index (χ3v) is 6.37. The van der Waals surface area contributed by atoms with Crippen LogP contribution in [0.1, 0.15) is 54.6 Å². The quantitative estimate of drug-likeness (QED) is 0.431. The van der Waals surface area contributed by atoms with Gasteiger partial charge in [0.1, 0.15) is 22.8 Å². The molecular formula is C25H24Cl2FN5O3. The molecule has 4 rings (SSSR count). The number of halogens is 3. The summed E-state index contributed by atoms with van der Waals surface area (Å²) in [4.78, 5) is 38.0. The van der Waals surface area contributed by atoms with Crippen molar-refractivity contribution in [2.45, 2.75) is 45.2 Å². The van der Waals surface area contributed by atoms with Crippen LogP contribution in [-0.4, -0.2) is 38.9 Å². The van der Waals surface area contributed by atoms with Gasteiger partial charge in [-0.2, -0.15) is 0 Å². The molecule has 0 saturated heterocycles. The molecule has 1 atom stereocenters. The van der Waals surface area contributed by atoms with Crippen LogP contribution in [0.2, 0.25) is 10.0 Å². The van der Waals surface area contributed by atoms with Gasteiger partial charge in [0, 0.05) is 34.7 Å². The van der Waals surface area contributed by atoms with Crippen LogP contribution >= 0.6 is 23.2 Å². The number of ether oxygens (including phenoxy) is 1. The molecule has 1 aromatic carbocycles. The summed E-state index contributed by atoms with van der Waals surface area (Å²) in [5, 5.41) is 6.19. The van der Waals surface area contributed by atoms with Gasteiger partial charge in [0.15, 0.2) is 0 Å². The molecule has 0 radical (unpaired) electrons. The predicted molar refractivity (Wildman–Crippen MR) is 134 cm³/mol. The number of nitrogens with one attached hydrogen (secondary N) is 2. The summed E-state index contributed by atoms with van der Waals surface area (Å²) in [6.45, 7) is 5.45. The number of nitrogens with zero attached hydrogens (tertiary/aromatic N) is 3. The summed E-state index contributed by atoms with van der Waals surface area (Å²) >= 11 is 12.4. The molecule has 8 nitrogen and oxygen atoms in total. The Morgan fingerprint density at radius 2 is 1.89 bits per heavy atom. The molecule has 0 spiro atoms. The molecule has 1 saturated carbocycles.